The second-order valence-corrected chi connectivity index (χ2v) is 0. The molecule has 0 aliphatic carbocycles. The van der Waals surface area contributed by atoms with E-state index in [0.717, 1.165) is 0 Å². The minimum atomic E-state index is 0. The molecule has 0 aromatic heterocycles. The molecule has 0 aromatic rings. The maximum atomic E-state index is 3.25. The van der Waals surface area contributed by atoms with Gasteiger partial charge in [0.15, 0.2) is 0 Å². The molecule has 0 heterocycles. The van der Waals surface area contributed by atoms with E-state index in [9.17, 15) is 0 Å². The SMILES string of the molecule is [CH2-]C.[CH2-]C.[CH2-]C.[CH2-]C.[O-2].[O-2].[O-2].[O-2].[O-2].[O-2].[Ti+4].[Ti+4].[Ti+4].[Ti+4]. The third-order valence-electron chi connectivity index (χ3n) is 0. The predicted molar refractivity (Wildman–Crippen MR) is 48.2 cm³/mol. The Balaban J connectivity index is -0.000000000833. The summed E-state index contributed by atoms with van der Waals surface area (Å²) in [5, 5.41) is 0. The molecule has 0 rings (SSSR count). The van der Waals surface area contributed by atoms with E-state index in [0.29, 0.717) is 0 Å². The van der Waals surface area contributed by atoms with Crippen molar-refractivity contribution in [2.45, 2.75) is 27.7 Å². The maximum Gasteiger partial charge on any atom is 4.00 e. The second kappa shape index (κ2) is 993. The Bertz CT molecular complexity index is 27.5. The molecule has 0 amide bonds. The first kappa shape index (κ1) is 181. The average molecular weight is 404 g/mol. The van der Waals surface area contributed by atoms with Crippen LogP contribution in [0.4, 0.5) is 0 Å². The minimum absolute atomic E-state index is 0. The summed E-state index contributed by atoms with van der Waals surface area (Å²) in [5.74, 6) is 0. The van der Waals surface area contributed by atoms with Crippen LogP contribution in [0.5, 0.6) is 0 Å². The first-order valence-corrected chi connectivity index (χ1v) is 2.83. The standard InChI is InChI=1S/4C2H5.6O.4Ti/c4*1-2;;;;;;;;;;/h4*1H2,2H3;;;;;;;;;;/q4*-1;6*-2;4*+4. The van der Waals surface area contributed by atoms with Gasteiger partial charge in [-0.05, 0) is 0 Å². The van der Waals surface area contributed by atoms with E-state index in [1.807, 2.05) is 0 Å². The smallest absolute Gasteiger partial charge is 2.00 e. The van der Waals surface area contributed by atoms with Gasteiger partial charge in [-0.1, -0.05) is 0 Å². The van der Waals surface area contributed by atoms with Gasteiger partial charge in [-0.15, -0.1) is 0 Å². The van der Waals surface area contributed by atoms with Crippen LogP contribution in [0.3, 0.4) is 0 Å². The van der Waals surface area contributed by atoms with Gasteiger partial charge in [0.05, 0.1) is 0 Å². The van der Waals surface area contributed by atoms with Gasteiger partial charge in [-0.2, -0.15) is 27.7 Å². The summed E-state index contributed by atoms with van der Waals surface area (Å²) in [6.07, 6.45) is 0. The van der Waals surface area contributed by atoms with Gasteiger partial charge in [-0.25, -0.2) is 0 Å². The Morgan fingerprint density at radius 1 is 0.278 bits per heavy atom. The normalized spacial score (nSPS) is 1.33. The largest absolute Gasteiger partial charge is 4.00 e. The predicted octanol–water partition coefficient (Wildman–Crippen LogP) is 2.64. The van der Waals surface area contributed by atoms with Gasteiger partial charge in [0, 0.05) is 0 Å². The van der Waals surface area contributed by atoms with Gasteiger partial charge in [0.1, 0.15) is 0 Å². The van der Waals surface area contributed by atoms with Crippen LogP contribution >= 0.6 is 0 Å². The number of hydrogen-bond acceptors (Lipinski definition) is 0. The zero-order valence-electron chi connectivity index (χ0n) is 11.3. The zero-order valence-corrected chi connectivity index (χ0v) is 17.5. The molecule has 0 unspecified atom stereocenters. The Morgan fingerprint density at radius 3 is 0.278 bits per heavy atom. The van der Waals surface area contributed by atoms with Crippen molar-refractivity contribution in [2.75, 3.05) is 0 Å². The van der Waals surface area contributed by atoms with Crippen LogP contribution in [0, 0.1) is 27.7 Å². The number of rotatable bonds is 0. The molecular formula is C8H20O6Ti4. The third-order valence-corrected chi connectivity index (χ3v) is 0. The molecule has 0 fully saturated rings. The van der Waals surface area contributed by atoms with E-state index in [1.54, 1.807) is 27.7 Å². The van der Waals surface area contributed by atoms with Crippen LogP contribution in [0.2, 0.25) is 0 Å². The molecule has 0 atom stereocenters. The Hall–Kier alpha value is 2.62. The van der Waals surface area contributed by atoms with E-state index in [1.165, 1.54) is 0 Å². The van der Waals surface area contributed by atoms with E-state index >= 15 is 0 Å². The summed E-state index contributed by atoms with van der Waals surface area (Å²) in [6, 6.07) is 0. The van der Waals surface area contributed by atoms with Gasteiger partial charge in [0.2, 0.25) is 0 Å². The van der Waals surface area contributed by atoms with Crippen molar-refractivity contribution in [3.8, 4) is 0 Å². The van der Waals surface area contributed by atoms with Crippen molar-refractivity contribution in [3.05, 3.63) is 27.7 Å². The summed E-state index contributed by atoms with van der Waals surface area (Å²) in [6.45, 7) is 20.0. The van der Waals surface area contributed by atoms with Crippen molar-refractivity contribution in [1.82, 2.24) is 0 Å². The van der Waals surface area contributed by atoms with E-state index in [-0.39, 0.29) is 120 Å². The first-order valence-electron chi connectivity index (χ1n) is 2.83. The molecular weight excluding hydrogens is 384 g/mol. The molecule has 0 spiro atoms. The average Bonchev–Trinajstić information content (AvgIpc) is 2.03. The molecule has 0 aliphatic heterocycles. The topological polar surface area (TPSA) is 171 Å². The van der Waals surface area contributed by atoms with E-state index in [2.05, 4.69) is 27.7 Å². The summed E-state index contributed by atoms with van der Waals surface area (Å²) in [4.78, 5) is 0. The third kappa shape index (κ3) is 844. The summed E-state index contributed by atoms with van der Waals surface area (Å²) in [7, 11) is 0. The van der Waals surface area contributed by atoms with Crippen LogP contribution in [0.15, 0.2) is 0 Å². The summed E-state index contributed by atoms with van der Waals surface area (Å²) < 4.78 is 0. The van der Waals surface area contributed by atoms with Crippen LogP contribution in [-0.2, 0) is 120 Å². The van der Waals surface area contributed by atoms with Crippen LogP contribution in [0.1, 0.15) is 27.7 Å². The van der Waals surface area contributed by atoms with Crippen molar-refractivity contribution in [1.29, 1.82) is 0 Å². The summed E-state index contributed by atoms with van der Waals surface area (Å²) >= 11 is 0. The fraction of sp³-hybridized carbons (Fsp3) is 0.500. The van der Waals surface area contributed by atoms with Gasteiger partial charge < -0.3 is 60.6 Å². The molecule has 6 nitrogen and oxygen atoms in total. The Kier molecular flexibility index (Phi) is 9990. The molecule has 0 bridgehead atoms. The zero-order chi connectivity index (χ0) is 8.00. The van der Waals surface area contributed by atoms with Crippen molar-refractivity contribution in [3.63, 3.8) is 0 Å². The van der Waals surface area contributed by atoms with E-state index in [4.69, 9.17) is 0 Å². The van der Waals surface area contributed by atoms with Crippen molar-refractivity contribution < 1.29 is 120 Å². The van der Waals surface area contributed by atoms with Gasteiger partial charge in [0.25, 0.3) is 0 Å². The molecule has 0 saturated heterocycles. The van der Waals surface area contributed by atoms with Crippen molar-refractivity contribution >= 4 is 0 Å². The first-order chi connectivity index (χ1) is 4.00. The number of hydrogen-bond donors (Lipinski definition) is 0. The molecule has 0 aromatic carbocycles. The van der Waals surface area contributed by atoms with Crippen LogP contribution in [-0.4, -0.2) is 0 Å². The minimum Gasteiger partial charge on any atom is -2.00 e. The molecule has 0 radical (unpaired) electrons. The second-order valence-electron chi connectivity index (χ2n) is 0. The van der Waals surface area contributed by atoms with Crippen LogP contribution < -0.4 is 0 Å². The monoisotopic (exact) mass is 404 g/mol. The molecule has 0 saturated carbocycles. The molecule has 10 heteroatoms. The quantitative estimate of drug-likeness (QED) is 0.428. The summed E-state index contributed by atoms with van der Waals surface area (Å²) in [5.41, 5.74) is 0. The van der Waals surface area contributed by atoms with E-state index < -0.39 is 0 Å². The molecule has 0 N–H and O–H groups in total. The fourth-order valence-electron chi connectivity index (χ4n) is 0. The fourth-order valence-corrected chi connectivity index (χ4v) is 0. The molecule has 18 heavy (non-hydrogen) atoms. The van der Waals surface area contributed by atoms with Gasteiger partial charge in [-0.3, -0.25) is 0 Å². The Labute approximate surface area is 173 Å². The van der Waals surface area contributed by atoms with Crippen molar-refractivity contribution in [2.24, 2.45) is 0 Å². The molecule has 0 aliphatic rings. The van der Waals surface area contributed by atoms with Crippen LogP contribution in [0.25, 0.3) is 0 Å². The van der Waals surface area contributed by atoms with Gasteiger partial charge >= 0.3 is 86.9 Å². The molecule has 104 valence electrons. The Morgan fingerprint density at radius 2 is 0.278 bits per heavy atom. The maximum absolute atomic E-state index is 3.25.